The molecule has 134 valence electrons. The average Bonchev–Trinajstić information content (AvgIpc) is 3.06. The Labute approximate surface area is 148 Å². The van der Waals surface area contributed by atoms with Crippen LogP contribution in [-0.2, 0) is 6.42 Å². The number of rotatable bonds is 8. The number of hydrogen-bond acceptors (Lipinski definition) is 3. The first kappa shape index (κ1) is 17.8. The third kappa shape index (κ3) is 4.31. The summed E-state index contributed by atoms with van der Waals surface area (Å²) in [4.78, 5) is 5.16. The van der Waals surface area contributed by atoms with Gasteiger partial charge in [0.2, 0.25) is 0 Å². The molecule has 0 aromatic heterocycles. The summed E-state index contributed by atoms with van der Waals surface area (Å²) < 4.78 is 6.01. The summed E-state index contributed by atoms with van der Waals surface area (Å²) in [5, 5.41) is 0. The SMILES string of the molecule is CCN(CC)CCCOc1ccc2c(c1)CCC2N1CCCCC1. The quantitative estimate of drug-likeness (QED) is 0.662. The Kier molecular flexibility index (Phi) is 6.56. The van der Waals surface area contributed by atoms with Gasteiger partial charge in [-0.25, -0.2) is 0 Å². The first-order chi connectivity index (χ1) is 11.8. The third-order valence-corrected chi connectivity index (χ3v) is 5.77. The van der Waals surface area contributed by atoms with Crippen LogP contribution in [0.2, 0.25) is 0 Å². The Bertz CT molecular complexity index is 507. The van der Waals surface area contributed by atoms with E-state index in [2.05, 4.69) is 41.8 Å². The standard InChI is InChI=1S/C21H34N2O/c1-3-22(4-2)13-8-16-24-19-10-11-20-18(17-19)9-12-21(20)23-14-6-5-7-15-23/h10-11,17,21H,3-9,12-16H2,1-2H3. The number of fused-ring (bicyclic) bond motifs is 1. The van der Waals surface area contributed by atoms with Crippen molar-refractivity contribution in [3.05, 3.63) is 29.3 Å². The van der Waals surface area contributed by atoms with Crippen LogP contribution in [0.15, 0.2) is 18.2 Å². The van der Waals surface area contributed by atoms with Gasteiger partial charge in [-0.05, 0) is 81.5 Å². The second kappa shape index (κ2) is 8.87. The summed E-state index contributed by atoms with van der Waals surface area (Å²) in [6.07, 6.45) is 7.78. The number of piperidine rings is 1. The molecule has 0 bridgehead atoms. The van der Waals surface area contributed by atoms with Crippen LogP contribution in [0.25, 0.3) is 0 Å². The summed E-state index contributed by atoms with van der Waals surface area (Å²) in [6, 6.07) is 7.49. The van der Waals surface area contributed by atoms with Crippen molar-refractivity contribution in [2.45, 2.75) is 58.4 Å². The van der Waals surface area contributed by atoms with Crippen molar-refractivity contribution >= 4 is 0 Å². The van der Waals surface area contributed by atoms with E-state index in [9.17, 15) is 0 Å². The Morgan fingerprint density at radius 1 is 1.12 bits per heavy atom. The molecule has 0 spiro atoms. The van der Waals surface area contributed by atoms with E-state index in [0.717, 1.165) is 38.4 Å². The molecule has 3 rings (SSSR count). The Balaban J connectivity index is 1.51. The first-order valence-corrected chi connectivity index (χ1v) is 10.0. The van der Waals surface area contributed by atoms with Gasteiger partial charge in [0, 0.05) is 12.6 Å². The molecule has 1 fully saturated rings. The summed E-state index contributed by atoms with van der Waals surface area (Å²) in [7, 11) is 0. The highest BCUT2D eigenvalue weighted by Gasteiger charge is 2.28. The van der Waals surface area contributed by atoms with Crippen LogP contribution in [0.3, 0.4) is 0 Å². The average molecular weight is 331 g/mol. The smallest absolute Gasteiger partial charge is 0.119 e. The molecule has 1 aliphatic heterocycles. The van der Waals surface area contributed by atoms with Crippen LogP contribution in [0, 0.1) is 0 Å². The van der Waals surface area contributed by atoms with Crippen LogP contribution >= 0.6 is 0 Å². The molecule has 0 saturated carbocycles. The molecule has 0 amide bonds. The van der Waals surface area contributed by atoms with E-state index in [1.165, 1.54) is 50.8 Å². The molecule has 1 atom stereocenters. The number of aryl methyl sites for hydroxylation is 1. The maximum atomic E-state index is 6.01. The molecule has 3 heteroatoms. The zero-order valence-corrected chi connectivity index (χ0v) is 15.6. The fraction of sp³-hybridized carbons (Fsp3) is 0.714. The van der Waals surface area contributed by atoms with Crippen molar-refractivity contribution < 1.29 is 4.74 Å². The predicted octanol–water partition coefficient (Wildman–Crippen LogP) is 4.27. The zero-order chi connectivity index (χ0) is 16.8. The molecule has 2 aliphatic rings. The fourth-order valence-corrected chi connectivity index (χ4v) is 4.29. The normalized spacial score (nSPS) is 21.2. The van der Waals surface area contributed by atoms with Gasteiger partial charge in [0.15, 0.2) is 0 Å². The van der Waals surface area contributed by atoms with E-state index in [4.69, 9.17) is 4.74 Å². The van der Waals surface area contributed by atoms with Crippen LogP contribution in [-0.4, -0.2) is 49.1 Å². The third-order valence-electron chi connectivity index (χ3n) is 5.77. The van der Waals surface area contributed by atoms with Crippen molar-refractivity contribution in [3.63, 3.8) is 0 Å². The van der Waals surface area contributed by atoms with Crippen molar-refractivity contribution in [1.29, 1.82) is 0 Å². The molecular weight excluding hydrogens is 296 g/mol. The van der Waals surface area contributed by atoms with Crippen molar-refractivity contribution in [2.75, 3.05) is 39.3 Å². The number of ether oxygens (including phenoxy) is 1. The van der Waals surface area contributed by atoms with E-state index < -0.39 is 0 Å². The molecular formula is C21H34N2O. The number of nitrogens with zero attached hydrogens (tertiary/aromatic N) is 2. The Hall–Kier alpha value is -1.06. The molecule has 1 aromatic carbocycles. The van der Waals surface area contributed by atoms with E-state index in [1.807, 2.05) is 0 Å². The topological polar surface area (TPSA) is 15.7 Å². The fourth-order valence-electron chi connectivity index (χ4n) is 4.29. The number of benzene rings is 1. The van der Waals surface area contributed by atoms with Gasteiger partial charge in [-0.3, -0.25) is 4.90 Å². The molecule has 0 N–H and O–H groups in total. The number of likely N-dealkylation sites (tertiary alicyclic amines) is 1. The van der Waals surface area contributed by atoms with Crippen molar-refractivity contribution in [2.24, 2.45) is 0 Å². The minimum absolute atomic E-state index is 0.664. The summed E-state index contributed by atoms with van der Waals surface area (Å²) >= 11 is 0. The molecule has 1 aromatic rings. The van der Waals surface area contributed by atoms with Gasteiger partial charge in [0.25, 0.3) is 0 Å². The van der Waals surface area contributed by atoms with E-state index in [1.54, 1.807) is 5.56 Å². The van der Waals surface area contributed by atoms with Crippen molar-refractivity contribution in [3.8, 4) is 5.75 Å². The van der Waals surface area contributed by atoms with Gasteiger partial charge in [-0.2, -0.15) is 0 Å². The highest BCUT2D eigenvalue weighted by Crippen LogP contribution is 2.38. The molecule has 1 unspecified atom stereocenters. The first-order valence-electron chi connectivity index (χ1n) is 10.0. The van der Waals surface area contributed by atoms with Gasteiger partial charge >= 0.3 is 0 Å². The van der Waals surface area contributed by atoms with E-state index in [0.29, 0.717) is 6.04 Å². The second-order valence-electron chi connectivity index (χ2n) is 7.24. The van der Waals surface area contributed by atoms with Gasteiger partial charge in [0.1, 0.15) is 5.75 Å². The van der Waals surface area contributed by atoms with E-state index in [-0.39, 0.29) is 0 Å². The molecule has 3 nitrogen and oxygen atoms in total. The number of hydrogen-bond donors (Lipinski definition) is 0. The lowest BCUT2D eigenvalue weighted by atomic mass is 10.0. The highest BCUT2D eigenvalue weighted by atomic mass is 16.5. The van der Waals surface area contributed by atoms with Gasteiger partial charge in [-0.1, -0.05) is 26.3 Å². The molecule has 1 saturated heterocycles. The minimum atomic E-state index is 0.664. The van der Waals surface area contributed by atoms with Crippen LogP contribution < -0.4 is 4.74 Å². The Morgan fingerprint density at radius 3 is 2.67 bits per heavy atom. The summed E-state index contributed by atoms with van der Waals surface area (Å²) in [6.45, 7) is 11.2. The van der Waals surface area contributed by atoms with Crippen molar-refractivity contribution in [1.82, 2.24) is 9.80 Å². The monoisotopic (exact) mass is 330 g/mol. The van der Waals surface area contributed by atoms with Crippen LogP contribution in [0.5, 0.6) is 5.75 Å². The van der Waals surface area contributed by atoms with Gasteiger partial charge in [-0.15, -0.1) is 0 Å². The maximum absolute atomic E-state index is 6.01. The zero-order valence-electron chi connectivity index (χ0n) is 15.6. The minimum Gasteiger partial charge on any atom is -0.494 e. The lowest BCUT2D eigenvalue weighted by molar-refractivity contribution is 0.163. The highest BCUT2D eigenvalue weighted by molar-refractivity contribution is 5.40. The Morgan fingerprint density at radius 2 is 1.92 bits per heavy atom. The van der Waals surface area contributed by atoms with E-state index >= 15 is 0 Å². The summed E-state index contributed by atoms with van der Waals surface area (Å²) in [5.74, 6) is 1.06. The van der Waals surface area contributed by atoms with Gasteiger partial charge in [0.05, 0.1) is 6.61 Å². The molecule has 1 heterocycles. The van der Waals surface area contributed by atoms with Crippen LogP contribution in [0.4, 0.5) is 0 Å². The molecule has 1 aliphatic carbocycles. The lowest BCUT2D eigenvalue weighted by Crippen LogP contribution is -2.32. The maximum Gasteiger partial charge on any atom is 0.119 e. The summed E-state index contributed by atoms with van der Waals surface area (Å²) in [5.41, 5.74) is 3.08. The second-order valence-corrected chi connectivity index (χ2v) is 7.24. The lowest BCUT2D eigenvalue weighted by Gasteiger charge is -2.32. The largest absolute Gasteiger partial charge is 0.494 e. The van der Waals surface area contributed by atoms with Crippen LogP contribution in [0.1, 0.15) is 63.1 Å². The van der Waals surface area contributed by atoms with Gasteiger partial charge < -0.3 is 9.64 Å². The molecule has 24 heavy (non-hydrogen) atoms. The molecule has 0 radical (unpaired) electrons. The predicted molar refractivity (Wildman–Crippen MR) is 101 cm³/mol.